The molecule has 0 aliphatic carbocycles. The third-order valence-corrected chi connectivity index (χ3v) is 5.39. The van der Waals surface area contributed by atoms with Crippen molar-refractivity contribution < 1.29 is 9.21 Å². The number of amides is 1. The van der Waals surface area contributed by atoms with Crippen molar-refractivity contribution in [3.05, 3.63) is 39.8 Å². The molecule has 7 nitrogen and oxygen atoms in total. The molecule has 2 aromatic heterocycles. The summed E-state index contributed by atoms with van der Waals surface area (Å²) < 4.78 is 7.41. The van der Waals surface area contributed by atoms with Gasteiger partial charge in [0.05, 0.1) is 5.52 Å². The van der Waals surface area contributed by atoms with Gasteiger partial charge in [-0.1, -0.05) is 35.2 Å². The maximum Gasteiger partial charge on any atom is 0.420 e. The first-order chi connectivity index (χ1) is 11.6. The second-order valence-electron chi connectivity index (χ2n) is 5.11. The molecular formula is C15H16N4O3S2. The summed E-state index contributed by atoms with van der Waals surface area (Å²) in [5.74, 6) is -0.0658. The lowest BCUT2D eigenvalue weighted by Crippen LogP contribution is -2.35. The minimum absolute atomic E-state index is 0.224. The van der Waals surface area contributed by atoms with Gasteiger partial charge in [0.15, 0.2) is 9.92 Å². The number of carbonyl (C=O) groups is 1. The quantitative estimate of drug-likeness (QED) is 0.533. The molecule has 2 heterocycles. The molecule has 1 amide bonds. The van der Waals surface area contributed by atoms with Crippen LogP contribution in [0.15, 0.2) is 37.8 Å². The summed E-state index contributed by atoms with van der Waals surface area (Å²) in [6, 6.07) is 6.41. The van der Waals surface area contributed by atoms with E-state index in [9.17, 15) is 9.59 Å². The van der Waals surface area contributed by atoms with E-state index in [1.165, 1.54) is 15.9 Å². The molecule has 0 unspecified atom stereocenters. The number of aromatic nitrogens is 3. The number of fused-ring (bicyclic) bond motifs is 1. The summed E-state index contributed by atoms with van der Waals surface area (Å²) in [5, 5.41) is 11.7. The van der Waals surface area contributed by atoms with E-state index in [0.717, 1.165) is 9.35 Å². The number of hydrogen-bond acceptors (Lipinski definition) is 7. The Morgan fingerprint density at radius 3 is 2.96 bits per heavy atom. The molecule has 126 valence electrons. The predicted octanol–water partition coefficient (Wildman–Crippen LogP) is 2.22. The second kappa shape index (κ2) is 7.18. The van der Waals surface area contributed by atoms with E-state index >= 15 is 0 Å². The molecule has 24 heavy (non-hydrogen) atoms. The summed E-state index contributed by atoms with van der Waals surface area (Å²) in [5.41, 5.74) is 1.09. The summed E-state index contributed by atoms with van der Waals surface area (Å²) >= 11 is 3.07. The van der Waals surface area contributed by atoms with E-state index in [-0.39, 0.29) is 5.91 Å². The van der Waals surface area contributed by atoms with Gasteiger partial charge < -0.3 is 9.73 Å². The molecule has 0 saturated heterocycles. The Morgan fingerprint density at radius 2 is 2.21 bits per heavy atom. The SMILES string of the molecule is Cc1nnc(SCCNC(=O)[C@@H](C)n2c(=O)oc3ccccc32)s1. The fraction of sp³-hybridized carbons (Fsp3) is 0.333. The van der Waals surface area contributed by atoms with E-state index in [2.05, 4.69) is 15.5 Å². The number of hydrogen-bond donors (Lipinski definition) is 1. The van der Waals surface area contributed by atoms with Crippen LogP contribution in [0.1, 0.15) is 18.0 Å². The number of thioether (sulfide) groups is 1. The van der Waals surface area contributed by atoms with Gasteiger partial charge in [-0.3, -0.25) is 9.36 Å². The zero-order valence-electron chi connectivity index (χ0n) is 13.2. The highest BCUT2D eigenvalue weighted by molar-refractivity contribution is 8.01. The Kier molecular flexibility index (Phi) is 5.00. The van der Waals surface area contributed by atoms with Crippen molar-refractivity contribution in [1.29, 1.82) is 0 Å². The Labute approximate surface area is 146 Å². The monoisotopic (exact) mass is 364 g/mol. The number of nitrogens with zero attached hydrogens (tertiary/aromatic N) is 3. The van der Waals surface area contributed by atoms with Crippen molar-refractivity contribution in [3.8, 4) is 0 Å². The molecule has 0 aliphatic heterocycles. The summed E-state index contributed by atoms with van der Waals surface area (Å²) in [7, 11) is 0. The first-order valence-corrected chi connectivity index (χ1v) is 9.17. The molecule has 0 saturated carbocycles. The van der Waals surface area contributed by atoms with Crippen molar-refractivity contribution in [2.24, 2.45) is 0 Å². The number of benzene rings is 1. The molecule has 0 radical (unpaired) electrons. The maximum absolute atomic E-state index is 12.3. The topological polar surface area (TPSA) is 90.0 Å². The van der Waals surface area contributed by atoms with Crippen LogP contribution < -0.4 is 11.1 Å². The van der Waals surface area contributed by atoms with Crippen LogP contribution in [0.2, 0.25) is 0 Å². The largest absolute Gasteiger partial charge is 0.420 e. The molecule has 0 fully saturated rings. The van der Waals surface area contributed by atoms with Crippen molar-refractivity contribution >= 4 is 40.1 Å². The second-order valence-corrected chi connectivity index (χ2v) is 7.63. The molecule has 0 aliphatic rings. The standard InChI is InChI=1S/C15H16N4O3S2/c1-9(19-11-5-3-4-6-12(11)22-15(19)21)13(20)16-7-8-23-14-18-17-10(2)24-14/h3-6,9H,7-8H2,1-2H3,(H,16,20)/t9-/m1/s1. The Bertz CT molecular complexity index is 915. The van der Waals surface area contributed by atoms with Crippen LogP contribution in [-0.2, 0) is 4.79 Å². The van der Waals surface area contributed by atoms with Crippen LogP contribution in [0, 0.1) is 6.92 Å². The molecule has 0 spiro atoms. The van der Waals surface area contributed by atoms with Gasteiger partial charge in [-0.05, 0) is 26.0 Å². The predicted molar refractivity (Wildman–Crippen MR) is 93.6 cm³/mol. The first-order valence-electron chi connectivity index (χ1n) is 7.37. The van der Waals surface area contributed by atoms with Gasteiger partial charge in [0.25, 0.3) is 0 Å². The van der Waals surface area contributed by atoms with Crippen molar-refractivity contribution in [2.45, 2.75) is 24.2 Å². The maximum atomic E-state index is 12.3. The lowest BCUT2D eigenvalue weighted by atomic mass is 10.2. The number of carbonyl (C=O) groups excluding carboxylic acids is 1. The Balaban J connectivity index is 1.60. The molecule has 0 bridgehead atoms. The Hall–Kier alpha value is -2.13. The van der Waals surface area contributed by atoms with Gasteiger partial charge in [0.2, 0.25) is 5.91 Å². The van der Waals surface area contributed by atoms with Crippen LogP contribution >= 0.6 is 23.1 Å². The smallest absolute Gasteiger partial charge is 0.408 e. The van der Waals surface area contributed by atoms with Crippen LogP contribution in [0.4, 0.5) is 0 Å². The average Bonchev–Trinajstić information content (AvgIpc) is 3.12. The lowest BCUT2D eigenvalue weighted by Gasteiger charge is -2.12. The number of nitrogens with one attached hydrogen (secondary N) is 1. The zero-order valence-corrected chi connectivity index (χ0v) is 14.8. The van der Waals surface area contributed by atoms with E-state index in [0.29, 0.717) is 23.4 Å². The lowest BCUT2D eigenvalue weighted by molar-refractivity contribution is -0.123. The van der Waals surface area contributed by atoms with Gasteiger partial charge in [-0.2, -0.15) is 0 Å². The van der Waals surface area contributed by atoms with Crippen LogP contribution in [0.5, 0.6) is 0 Å². The van der Waals surface area contributed by atoms with E-state index < -0.39 is 11.8 Å². The highest BCUT2D eigenvalue weighted by atomic mass is 32.2. The van der Waals surface area contributed by atoms with E-state index in [1.54, 1.807) is 43.0 Å². The summed E-state index contributed by atoms with van der Waals surface area (Å²) in [6.07, 6.45) is 0. The highest BCUT2D eigenvalue weighted by Crippen LogP contribution is 2.21. The number of oxazole rings is 1. The summed E-state index contributed by atoms with van der Waals surface area (Å²) in [6.45, 7) is 4.06. The highest BCUT2D eigenvalue weighted by Gasteiger charge is 2.20. The van der Waals surface area contributed by atoms with Crippen molar-refractivity contribution in [3.63, 3.8) is 0 Å². The van der Waals surface area contributed by atoms with Gasteiger partial charge in [-0.15, -0.1) is 10.2 Å². The molecular weight excluding hydrogens is 348 g/mol. The molecule has 1 aromatic carbocycles. The summed E-state index contributed by atoms with van der Waals surface area (Å²) in [4.78, 5) is 24.3. The molecule has 1 N–H and O–H groups in total. The van der Waals surface area contributed by atoms with Crippen molar-refractivity contribution in [2.75, 3.05) is 12.3 Å². The minimum atomic E-state index is -0.644. The fourth-order valence-corrected chi connectivity index (χ4v) is 4.01. The third kappa shape index (κ3) is 3.51. The molecule has 3 aromatic rings. The average molecular weight is 364 g/mol. The van der Waals surface area contributed by atoms with E-state index in [4.69, 9.17) is 4.42 Å². The number of para-hydroxylation sites is 2. The first kappa shape index (κ1) is 16.7. The number of aryl methyl sites for hydroxylation is 1. The molecule has 1 atom stereocenters. The van der Waals surface area contributed by atoms with Crippen LogP contribution in [0.3, 0.4) is 0 Å². The van der Waals surface area contributed by atoms with Gasteiger partial charge in [0, 0.05) is 12.3 Å². The van der Waals surface area contributed by atoms with Crippen LogP contribution in [0.25, 0.3) is 11.1 Å². The van der Waals surface area contributed by atoms with Gasteiger partial charge >= 0.3 is 5.76 Å². The van der Waals surface area contributed by atoms with Gasteiger partial charge in [0.1, 0.15) is 11.0 Å². The fourth-order valence-electron chi connectivity index (χ4n) is 2.27. The normalized spacial score (nSPS) is 12.4. The van der Waals surface area contributed by atoms with Crippen LogP contribution in [-0.4, -0.2) is 33.0 Å². The van der Waals surface area contributed by atoms with Crippen molar-refractivity contribution in [1.82, 2.24) is 20.1 Å². The Morgan fingerprint density at radius 1 is 1.42 bits per heavy atom. The van der Waals surface area contributed by atoms with Gasteiger partial charge in [-0.25, -0.2) is 4.79 Å². The number of rotatable bonds is 6. The third-order valence-electron chi connectivity index (χ3n) is 3.42. The molecule has 3 rings (SSSR count). The minimum Gasteiger partial charge on any atom is -0.408 e. The van der Waals surface area contributed by atoms with E-state index in [1.807, 2.05) is 6.92 Å². The molecule has 9 heteroatoms. The zero-order chi connectivity index (χ0) is 17.1.